The maximum Gasteiger partial charge on any atom is 0.407 e. The lowest BCUT2D eigenvalue weighted by Crippen LogP contribution is -2.44. The number of carbonyl (C=O) groups excluding carboxylic acids is 2. The fourth-order valence-corrected chi connectivity index (χ4v) is 3.77. The summed E-state index contributed by atoms with van der Waals surface area (Å²) >= 11 is 13.3. The maximum atomic E-state index is 12.7. The first kappa shape index (κ1) is 26.8. The Kier molecular flexibility index (Phi) is 11.3. The van der Waals surface area contributed by atoms with Gasteiger partial charge < -0.3 is 24.6 Å². The number of nitrogens with one attached hydrogen (secondary N) is 1. The Morgan fingerprint density at radius 1 is 1.18 bits per heavy atom. The first-order chi connectivity index (χ1) is 15.8. The van der Waals surface area contributed by atoms with Crippen LogP contribution in [0.25, 0.3) is 0 Å². The number of alkyl carbamates (subject to hydrolysis) is 1. The Balaban J connectivity index is 1.98. The monoisotopic (exact) mass is 521 g/mol. The fraction of sp³-hybridized carbons (Fsp3) is 0.444. The van der Waals surface area contributed by atoms with Gasteiger partial charge >= 0.3 is 12.1 Å². The summed E-state index contributed by atoms with van der Waals surface area (Å²) in [4.78, 5) is 36.4. The highest BCUT2D eigenvalue weighted by Crippen LogP contribution is 2.37. The average Bonchev–Trinajstić information content (AvgIpc) is 3.19. The first-order valence-corrected chi connectivity index (χ1v) is 11.0. The minimum atomic E-state index is -1.37. The Labute approximate surface area is 202 Å². The zero-order valence-electron chi connectivity index (χ0n) is 17.4. The molecule has 0 aliphatic heterocycles. The van der Waals surface area contributed by atoms with Crippen LogP contribution in [-0.4, -0.2) is 82.7 Å². The molecule has 0 bridgehead atoms. The van der Waals surface area contributed by atoms with Crippen molar-refractivity contribution < 1.29 is 33.7 Å². The number of ether oxygens (including phenoxy) is 3. The van der Waals surface area contributed by atoms with Crippen LogP contribution in [0, 0.1) is 0 Å². The molecule has 0 aliphatic carbocycles. The topological polar surface area (TPSA) is 155 Å². The second-order valence-corrected chi connectivity index (χ2v) is 8.07. The van der Waals surface area contributed by atoms with Gasteiger partial charge in [0.1, 0.15) is 19.2 Å². The van der Waals surface area contributed by atoms with E-state index in [9.17, 15) is 14.4 Å². The van der Waals surface area contributed by atoms with E-state index in [1.54, 1.807) is 18.2 Å². The van der Waals surface area contributed by atoms with Gasteiger partial charge in [0.05, 0.1) is 41.2 Å². The molecule has 2 rings (SSSR count). The van der Waals surface area contributed by atoms with Crippen molar-refractivity contribution in [2.24, 2.45) is 0 Å². The molecule has 0 aliphatic rings. The SMILES string of the molecule is COCCOCCOC(=O)NC(CC(=O)O)C(=O)Cn1nnnc1Sc1c(Cl)cccc1Cl. The number of aromatic nitrogens is 4. The Morgan fingerprint density at radius 2 is 1.88 bits per heavy atom. The maximum absolute atomic E-state index is 12.7. The van der Waals surface area contributed by atoms with Gasteiger partial charge in [0.2, 0.25) is 5.16 Å². The zero-order valence-corrected chi connectivity index (χ0v) is 19.7. The van der Waals surface area contributed by atoms with Gasteiger partial charge in [0.25, 0.3) is 0 Å². The van der Waals surface area contributed by atoms with Gasteiger partial charge in [-0.1, -0.05) is 29.3 Å². The summed E-state index contributed by atoms with van der Waals surface area (Å²) in [6, 6.07) is 3.58. The summed E-state index contributed by atoms with van der Waals surface area (Å²) in [6.07, 6.45) is -1.61. The largest absolute Gasteiger partial charge is 0.481 e. The van der Waals surface area contributed by atoms with E-state index in [2.05, 4.69) is 20.8 Å². The molecule has 1 amide bonds. The van der Waals surface area contributed by atoms with Crippen LogP contribution in [0.4, 0.5) is 4.79 Å². The first-order valence-electron chi connectivity index (χ1n) is 9.44. The third kappa shape index (κ3) is 9.14. The number of amides is 1. The number of halogens is 2. The molecule has 12 nitrogen and oxygen atoms in total. The molecular weight excluding hydrogens is 501 g/mol. The van der Waals surface area contributed by atoms with Crippen molar-refractivity contribution in [2.45, 2.75) is 29.1 Å². The van der Waals surface area contributed by atoms with Crippen molar-refractivity contribution >= 4 is 52.8 Å². The van der Waals surface area contributed by atoms with Crippen molar-refractivity contribution in [3.63, 3.8) is 0 Å². The lowest BCUT2D eigenvalue weighted by molar-refractivity contribution is -0.139. The van der Waals surface area contributed by atoms with E-state index in [0.717, 1.165) is 16.4 Å². The van der Waals surface area contributed by atoms with E-state index >= 15 is 0 Å². The molecule has 1 aromatic carbocycles. The number of Topliss-reactive ketones (excluding diaryl/α,β-unsaturated/α-hetero) is 1. The molecule has 0 spiro atoms. The molecule has 2 N–H and O–H groups in total. The van der Waals surface area contributed by atoms with Crippen molar-refractivity contribution in [1.29, 1.82) is 0 Å². The van der Waals surface area contributed by atoms with E-state index in [-0.39, 0.29) is 18.4 Å². The summed E-state index contributed by atoms with van der Waals surface area (Å²) in [5.41, 5.74) is 0. The van der Waals surface area contributed by atoms with Crippen LogP contribution < -0.4 is 5.32 Å². The predicted octanol–water partition coefficient (Wildman–Crippen LogP) is 1.93. The van der Waals surface area contributed by atoms with Crippen LogP contribution in [0.3, 0.4) is 0 Å². The standard InChI is InChI=1S/C18H21Cl2N5O7S/c1-30-5-6-31-7-8-32-18(29)21-13(9-15(27)28)14(26)10-25-17(22-23-24-25)33-16-11(19)3-2-4-12(16)20/h2-4,13H,5-10H2,1H3,(H,21,29)(H,27,28). The molecule has 1 aromatic heterocycles. The quantitative estimate of drug-likeness (QED) is 0.350. The molecular formula is C18H21Cl2N5O7S. The number of aliphatic carboxylic acids is 1. The second kappa shape index (κ2) is 14.0. The third-order valence-electron chi connectivity index (χ3n) is 3.87. The van der Waals surface area contributed by atoms with E-state index in [0.29, 0.717) is 28.2 Å². The van der Waals surface area contributed by atoms with Gasteiger partial charge in [-0.3, -0.25) is 9.59 Å². The number of carboxylic acids is 1. The van der Waals surface area contributed by atoms with Gasteiger partial charge in [-0.05, 0) is 34.3 Å². The van der Waals surface area contributed by atoms with Crippen molar-refractivity contribution in [3.8, 4) is 0 Å². The zero-order chi connectivity index (χ0) is 24.2. The van der Waals surface area contributed by atoms with Crippen molar-refractivity contribution in [1.82, 2.24) is 25.5 Å². The molecule has 0 fully saturated rings. The normalized spacial score (nSPS) is 11.7. The molecule has 180 valence electrons. The molecule has 1 atom stereocenters. The summed E-state index contributed by atoms with van der Waals surface area (Å²) in [7, 11) is 1.52. The minimum absolute atomic E-state index is 0.0874. The van der Waals surface area contributed by atoms with Crippen LogP contribution in [0.5, 0.6) is 0 Å². The Morgan fingerprint density at radius 3 is 2.55 bits per heavy atom. The molecule has 0 saturated carbocycles. The summed E-state index contributed by atoms with van der Waals surface area (Å²) < 4.78 is 16.0. The van der Waals surface area contributed by atoms with Gasteiger partial charge in [0, 0.05) is 7.11 Å². The van der Waals surface area contributed by atoms with E-state index in [4.69, 9.17) is 42.5 Å². The highest BCUT2D eigenvalue weighted by atomic mass is 35.5. The highest BCUT2D eigenvalue weighted by molar-refractivity contribution is 7.99. The van der Waals surface area contributed by atoms with Crippen LogP contribution in [0.1, 0.15) is 6.42 Å². The van der Waals surface area contributed by atoms with Crippen molar-refractivity contribution in [2.75, 3.05) is 33.5 Å². The number of carbonyl (C=O) groups is 3. The van der Waals surface area contributed by atoms with Crippen LogP contribution >= 0.6 is 35.0 Å². The molecule has 15 heteroatoms. The Hall–Kier alpha value is -2.45. The number of methoxy groups -OCH3 is 1. The Bertz CT molecular complexity index is 942. The minimum Gasteiger partial charge on any atom is -0.481 e. The number of rotatable bonds is 14. The molecule has 2 aromatic rings. The number of nitrogens with zero attached hydrogens (tertiary/aromatic N) is 4. The van der Waals surface area contributed by atoms with E-state index in [1.165, 1.54) is 7.11 Å². The number of hydrogen-bond acceptors (Lipinski definition) is 10. The summed E-state index contributed by atoms with van der Waals surface area (Å²) in [5.74, 6) is -1.93. The lowest BCUT2D eigenvalue weighted by atomic mass is 10.1. The second-order valence-electron chi connectivity index (χ2n) is 6.27. The molecule has 1 unspecified atom stereocenters. The number of ketones is 1. The van der Waals surface area contributed by atoms with Crippen LogP contribution in [0.2, 0.25) is 10.0 Å². The summed E-state index contributed by atoms with van der Waals surface area (Å²) in [6.45, 7) is 0.338. The highest BCUT2D eigenvalue weighted by Gasteiger charge is 2.26. The van der Waals surface area contributed by atoms with Gasteiger partial charge in [0.15, 0.2) is 5.78 Å². The average molecular weight is 522 g/mol. The number of carboxylic acid groups (broad SMARTS) is 1. The smallest absolute Gasteiger partial charge is 0.407 e. The molecule has 1 heterocycles. The number of benzene rings is 1. The van der Waals surface area contributed by atoms with Gasteiger partial charge in [-0.15, -0.1) is 5.10 Å². The van der Waals surface area contributed by atoms with E-state index in [1.807, 2.05) is 0 Å². The molecule has 0 saturated heterocycles. The summed E-state index contributed by atoms with van der Waals surface area (Å²) in [5, 5.41) is 23.4. The number of hydrogen-bond donors (Lipinski definition) is 2. The van der Waals surface area contributed by atoms with Gasteiger partial charge in [-0.25, -0.2) is 9.48 Å². The van der Waals surface area contributed by atoms with E-state index < -0.39 is 36.9 Å². The third-order valence-corrected chi connectivity index (χ3v) is 5.84. The molecule has 0 radical (unpaired) electrons. The fourth-order valence-electron chi connectivity index (χ4n) is 2.34. The number of tetrazole rings is 1. The van der Waals surface area contributed by atoms with Crippen LogP contribution in [-0.2, 0) is 30.3 Å². The van der Waals surface area contributed by atoms with Gasteiger partial charge in [-0.2, -0.15) is 0 Å². The lowest BCUT2D eigenvalue weighted by Gasteiger charge is -2.16. The molecule has 33 heavy (non-hydrogen) atoms. The van der Waals surface area contributed by atoms with Crippen molar-refractivity contribution in [3.05, 3.63) is 28.2 Å². The van der Waals surface area contributed by atoms with Crippen LogP contribution in [0.15, 0.2) is 28.3 Å². The predicted molar refractivity (Wildman–Crippen MR) is 117 cm³/mol.